The Balaban J connectivity index is 2.33. The van der Waals surface area contributed by atoms with Crippen molar-refractivity contribution in [2.24, 2.45) is 0 Å². The van der Waals surface area contributed by atoms with Gasteiger partial charge in [0.25, 0.3) is 0 Å². The number of benzene rings is 1. The Morgan fingerprint density at radius 2 is 2.13 bits per heavy atom. The molecule has 0 aromatic heterocycles. The lowest BCUT2D eigenvalue weighted by atomic mass is 10.0. The first-order valence-electron chi connectivity index (χ1n) is 4.67. The molecule has 0 fully saturated rings. The molecule has 1 aliphatic carbocycles. The summed E-state index contributed by atoms with van der Waals surface area (Å²) in [6.07, 6.45) is 1.65. The highest BCUT2D eigenvalue weighted by atomic mass is 35.7. The van der Waals surface area contributed by atoms with E-state index < -0.39 is 9.05 Å². The molecule has 15 heavy (non-hydrogen) atoms. The van der Waals surface area contributed by atoms with Crippen LogP contribution >= 0.6 is 22.3 Å². The summed E-state index contributed by atoms with van der Waals surface area (Å²) in [6, 6.07) is 5.61. The lowest BCUT2D eigenvalue weighted by molar-refractivity contribution is 0.600. The van der Waals surface area contributed by atoms with Gasteiger partial charge in [-0.05, 0) is 36.0 Å². The third-order valence-corrected chi connectivity index (χ3v) is 4.27. The fraction of sp³-hybridized carbons (Fsp3) is 0.400. The van der Waals surface area contributed by atoms with Crippen LogP contribution in [0.5, 0.6) is 0 Å². The zero-order chi connectivity index (χ0) is 11.1. The van der Waals surface area contributed by atoms with Gasteiger partial charge in [0, 0.05) is 15.7 Å². The molecule has 2 nitrogen and oxygen atoms in total. The van der Waals surface area contributed by atoms with Crippen molar-refractivity contribution in [3.63, 3.8) is 0 Å². The first-order chi connectivity index (χ1) is 6.97. The molecule has 0 spiro atoms. The minimum Gasteiger partial charge on any atom is -0.212 e. The molecule has 5 heteroatoms. The molecule has 1 atom stereocenters. The molecule has 82 valence electrons. The van der Waals surface area contributed by atoms with Gasteiger partial charge in [0.05, 0.1) is 5.75 Å². The largest absolute Gasteiger partial charge is 0.233 e. The molecular weight excluding hydrogens is 255 g/mol. The van der Waals surface area contributed by atoms with E-state index in [2.05, 4.69) is 0 Å². The van der Waals surface area contributed by atoms with Crippen molar-refractivity contribution in [2.75, 3.05) is 5.75 Å². The van der Waals surface area contributed by atoms with Crippen molar-refractivity contribution >= 4 is 31.3 Å². The van der Waals surface area contributed by atoms with Crippen LogP contribution in [0, 0.1) is 0 Å². The Hall–Kier alpha value is -0.250. The molecular formula is C10H10Cl2O2S. The standard InChI is InChI=1S/C10H10Cl2O2S/c11-10-3-1-2-8-7(4-5-9(8)10)6-15(12,13)14/h1-3,7H,4-6H2. The van der Waals surface area contributed by atoms with Crippen LogP contribution in [0.25, 0.3) is 0 Å². The fourth-order valence-corrected chi connectivity index (χ4v) is 3.67. The van der Waals surface area contributed by atoms with E-state index in [9.17, 15) is 8.42 Å². The van der Waals surface area contributed by atoms with E-state index >= 15 is 0 Å². The second kappa shape index (κ2) is 3.96. The summed E-state index contributed by atoms with van der Waals surface area (Å²) in [6.45, 7) is 0. The summed E-state index contributed by atoms with van der Waals surface area (Å²) in [5.41, 5.74) is 2.11. The van der Waals surface area contributed by atoms with Crippen LogP contribution in [-0.2, 0) is 15.5 Å². The van der Waals surface area contributed by atoms with Gasteiger partial charge in [0.2, 0.25) is 9.05 Å². The van der Waals surface area contributed by atoms with Crippen LogP contribution in [0.1, 0.15) is 23.5 Å². The maximum absolute atomic E-state index is 11.0. The maximum Gasteiger partial charge on any atom is 0.233 e. The van der Waals surface area contributed by atoms with Crippen molar-refractivity contribution in [3.05, 3.63) is 34.3 Å². The summed E-state index contributed by atoms with van der Waals surface area (Å²) in [5.74, 6) is 0.00299. The monoisotopic (exact) mass is 264 g/mol. The fourth-order valence-electron chi connectivity index (χ4n) is 2.11. The molecule has 0 aliphatic heterocycles. The van der Waals surface area contributed by atoms with Crippen molar-refractivity contribution in [1.29, 1.82) is 0 Å². The SMILES string of the molecule is O=S(=O)(Cl)CC1CCc2c(Cl)cccc21. The highest BCUT2D eigenvalue weighted by Gasteiger charge is 2.27. The molecule has 0 heterocycles. The summed E-state index contributed by atoms with van der Waals surface area (Å²) < 4.78 is 22.0. The lowest BCUT2D eigenvalue weighted by Crippen LogP contribution is -2.07. The Kier molecular flexibility index (Phi) is 2.97. The van der Waals surface area contributed by atoms with Gasteiger partial charge in [-0.15, -0.1) is 0 Å². The minimum absolute atomic E-state index is 0.00111. The number of fused-ring (bicyclic) bond motifs is 1. The third-order valence-electron chi connectivity index (χ3n) is 2.74. The van der Waals surface area contributed by atoms with Crippen LogP contribution in [0.3, 0.4) is 0 Å². The van der Waals surface area contributed by atoms with Crippen LogP contribution in [0.4, 0.5) is 0 Å². The molecule has 0 saturated carbocycles. The van der Waals surface area contributed by atoms with Gasteiger partial charge in [-0.25, -0.2) is 8.42 Å². The molecule has 2 rings (SSSR count). The van der Waals surface area contributed by atoms with Gasteiger partial charge >= 0.3 is 0 Å². The predicted octanol–water partition coefficient (Wildman–Crippen LogP) is 2.94. The van der Waals surface area contributed by atoms with Gasteiger partial charge in [0.1, 0.15) is 0 Å². The van der Waals surface area contributed by atoms with E-state index in [1.54, 1.807) is 0 Å². The number of hydrogen-bond acceptors (Lipinski definition) is 2. The molecule has 0 N–H and O–H groups in total. The second-order valence-corrected chi connectivity index (χ2v) is 6.98. The van der Waals surface area contributed by atoms with Crippen molar-refractivity contribution in [2.45, 2.75) is 18.8 Å². The smallest absolute Gasteiger partial charge is 0.212 e. The average Bonchev–Trinajstić information content (AvgIpc) is 2.48. The molecule has 0 radical (unpaired) electrons. The molecule has 1 aliphatic rings. The van der Waals surface area contributed by atoms with E-state index in [4.69, 9.17) is 22.3 Å². The van der Waals surface area contributed by atoms with Gasteiger partial charge in [0.15, 0.2) is 0 Å². The highest BCUT2D eigenvalue weighted by molar-refractivity contribution is 8.13. The van der Waals surface area contributed by atoms with Crippen LogP contribution in [0.2, 0.25) is 5.02 Å². The third kappa shape index (κ3) is 2.47. The normalized spacial score (nSPS) is 20.3. The topological polar surface area (TPSA) is 34.1 Å². The van der Waals surface area contributed by atoms with Crippen molar-refractivity contribution < 1.29 is 8.42 Å². The van der Waals surface area contributed by atoms with E-state index in [0.717, 1.165) is 29.0 Å². The average molecular weight is 265 g/mol. The molecule has 1 unspecified atom stereocenters. The van der Waals surface area contributed by atoms with Gasteiger partial charge in [-0.2, -0.15) is 0 Å². The zero-order valence-electron chi connectivity index (χ0n) is 7.91. The quantitative estimate of drug-likeness (QED) is 0.770. The summed E-state index contributed by atoms with van der Waals surface area (Å²) in [7, 11) is 1.82. The molecule has 0 saturated heterocycles. The number of hydrogen-bond donors (Lipinski definition) is 0. The van der Waals surface area contributed by atoms with E-state index in [0.29, 0.717) is 0 Å². The maximum atomic E-state index is 11.0. The highest BCUT2D eigenvalue weighted by Crippen LogP contribution is 2.37. The van der Waals surface area contributed by atoms with Gasteiger partial charge in [-0.3, -0.25) is 0 Å². The Morgan fingerprint density at radius 3 is 2.80 bits per heavy atom. The predicted molar refractivity (Wildman–Crippen MR) is 62.2 cm³/mol. The van der Waals surface area contributed by atoms with Crippen molar-refractivity contribution in [1.82, 2.24) is 0 Å². The molecule has 0 amide bonds. The molecule has 1 aromatic rings. The second-order valence-electron chi connectivity index (χ2n) is 3.75. The van der Waals surface area contributed by atoms with Gasteiger partial charge in [-0.1, -0.05) is 23.7 Å². The number of rotatable bonds is 2. The van der Waals surface area contributed by atoms with Crippen molar-refractivity contribution in [3.8, 4) is 0 Å². The van der Waals surface area contributed by atoms with E-state index in [-0.39, 0.29) is 11.7 Å². The Labute approximate surface area is 98.6 Å². The first-order valence-corrected chi connectivity index (χ1v) is 7.52. The number of halogens is 2. The van der Waals surface area contributed by atoms with Crippen LogP contribution in [-0.4, -0.2) is 14.2 Å². The Bertz CT molecular complexity index is 482. The van der Waals surface area contributed by atoms with Gasteiger partial charge < -0.3 is 0 Å². The lowest BCUT2D eigenvalue weighted by Gasteiger charge is -2.08. The first kappa shape index (κ1) is 11.2. The van der Waals surface area contributed by atoms with Crippen LogP contribution in [0.15, 0.2) is 18.2 Å². The van der Waals surface area contributed by atoms with E-state index in [1.807, 2.05) is 18.2 Å². The molecule has 1 aromatic carbocycles. The minimum atomic E-state index is -3.43. The Morgan fingerprint density at radius 1 is 1.40 bits per heavy atom. The van der Waals surface area contributed by atoms with E-state index in [1.165, 1.54) is 0 Å². The molecule has 0 bridgehead atoms. The van der Waals surface area contributed by atoms with Crippen LogP contribution < -0.4 is 0 Å². The summed E-state index contributed by atoms with van der Waals surface area (Å²) in [5, 5.41) is 0.724. The summed E-state index contributed by atoms with van der Waals surface area (Å²) in [4.78, 5) is 0. The summed E-state index contributed by atoms with van der Waals surface area (Å²) >= 11 is 6.02. The zero-order valence-corrected chi connectivity index (χ0v) is 10.2.